The van der Waals surface area contributed by atoms with Gasteiger partial charge in [0.15, 0.2) is 0 Å². The van der Waals surface area contributed by atoms with Gasteiger partial charge in [-0.25, -0.2) is 4.79 Å². The maximum absolute atomic E-state index is 13.0. The molecule has 2 amide bonds. The molecule has 0 aromatic heterocycles. The van der Waals surface area contributed by atoms with Crippen molar-refractivity contribution in [3.8, 4) is 0 Å². The molecule has 3 nitrogen and oxygen atoms in total. The number of hydrogen-bond donors (Lipinski definition) is 1. The minimum absolute atomic E-state index is 0.0959. The van der Waals surface area contributed by atoms with Gasteiger partial charge in [-0.1, -0.05) is 37.3 Å². The van der Waals surface area contributed by atoms with Crippen molar-refractivity contribution in [3.63, 3.8) is 0 Å². The molecular formula is C19H25ClN2O. The first-order valence-electron chi connectivity index (χ1n) is 9.09. The highest BCUT2D eigenvalue weighted by Gasteiger charge is 2.51. The molecule has 4 atom stereocenters. The predicted molar refractivity (Wildman–Crippen MR) is 93.8 cm³/mol. The van der Waals surface area contributed by atoms with Crippen LogP contribution in [-0.2, 0) is 0 Å². The van der Waals surface area contributed by atoms with Crippen molar-refractivity contribution >= 4 is 23.3 Å². The zero-order chi connectivity index (χ0) is 15.8. The number of amides is 2. The molecule has 1 N–H and O–H groups in total. The van der Waals surface area contributed by atoms with E-state index in [-0.39, 0.29) is 6.03 Å². The molecule has 0 spiro atoms. The maximum atomic E-state index is 13.0. The summed E-state index contributed by atoms with van der Waals surface area (Å²) in [5.41, 5.74) is 0.839. The van der Waals surface area contributed by atoms with Crippen molar-refractivity contribution in [3.05, 3.63) is 29.3 Å². The summed E-state index contributed by atoms with van der Waals surface area (Å²) in [6.07, 6.45) is 10.2. The number of likely N-dealkylation sites (tertiary alicyclic amines) is 1. The van der Waals surface area contributed by atoms with Gasteiger partial charge in [0.25, 0.3) is 0 Å². The summed E-state index contributed by atoms with van der Waals surface area (Å²) in [6, 6.07) is 8.44. The lowest BCUT2D eigenvalue weighted by Crippen LogP contribution is -2.46. The molecule has 3 aliphatic rings. The number of hydrogen-bond acceptors (Lipinski definition) is 1. The van der Waals surface area contributed by atoms with Crippen LogP contribution >= 0.6 is 11.6 Å². The monoisotopic (exact) mass is 332 g/mol. The van der Waals surface area contributed by atoms with Gasteiger partial charge in [-0.3, -0.25) is 0 Å². The van der Waals surface area contributed by atoms with Crippen molar-refractivity contribution in [1.29, 1.82) is 0 Å². The molecule has 1 aromatic carbocycles. The van der Waals surface area contributed by atoms with E-state index in [1.54, 1.807) is 0 Å². The molecule has 1 aromatic rings. The van der Waals surface area contributed by atoms with Crippen LogP contribution in [0.1, 0.15) is 51.4 Å². The lowest BCUT2D eigenvalue weighted by atomic mass is 9.73. The lowest BCUT2D eigenvalue weighted by molar-refractivity contribution is 0.157. The number of halogens is 1. The highest BCUT2D eigenvalue weighted by molar-refractivity contribution is 6.30. The Balaban J connectivity index is 1.55. The van der Waals surface area contributed by atoms with Gasteiger partial charge in [0.1, 0.15) is 0 Å². The maximum Gasteiger partial charge on any atom is 0.322 e. The van der Waals surface area contributed by atoms with Crippen molar-refractivity contribution in [2.24, 2.45) is 11.8 Å². The highest BCUT2D eigenvalue weighted by Crippen LogP contribution is 2.49. The minimum Gasteiger partial charge on any atom is -0.318 e. The average Bonchev–Trinajstić information content (AvgIpc) is 2.91. The van der Waals surface area contributed by atoms with E-state index < -0.39 is 0 Å². The van der Waals surface area contributed by atoms with Crippen LogP contribution in [0, 0.1) is 11.8 Å². The van der Waals surface area contributed by atoms with Crippen LogP contribution in [0.25, 0.3) is 0 Å². The van der Waals surface area contributed by atoms with Gasteiger partial charge in [-0.2, -0.15) is 0 Å². The first-order chi connectivity index (χ1) is 11.2. The number of rotatable bonds is 1. The van der Waals surface area contributed by atoms with E-state index in [9.17, 15) is 4.79 Å². The van der Waals surface area contributed by atoms with E-state index in [1.807, 2.05) is 24.3 Å². The van der Waals surface area contributed by atoms with Crippen LogP contribution in [0.4, 0.5) is 10.5 Å². The number of nitrogens with one attached hydrogen (secondary N) is 1. The van der Waals surface area contributed by atoms with Crippen molar-refractivity contribution in [1.82, 2.24) is 4.90 Å². The Morgan fingerprint density at radius 2 is 1.43 bits per heavy atom. The van der Waals surface area contributed by atoms with Crippen molar-refractivity contribution in [2.45, 2.75) is 63.5 Å². The molecule has 0 unspecified atom stereocenters. The van der Waals surface area contributed by atoms with Crippen molar-refractivity contribution in [2.75, 3.05) is 5.32 Å². The van der Waals surface area contributed by atoms with Crippen LogP contribution in [0.3, 0.4) is 0 Å². The van der Waals surface area contributed by atoms with E-state index in [2.05, 4.69) is 10.2 Å². The summed E-state index contributed by atoms with van der Waals surface area (Å²) in [7, 11) is 0. The molecule has 1 aliphatic heterocycles. The summed E-state index contributed by atoms with van der Waals surface area (Å²) >= 11 is 5.93. The molecule has 0 bridgehead atoms. The van der Waals surface area contributed by atoms with Gasteiger partial charge in [0.05, 0.1) is 0 Å². The molecular weight excluding hydrogens is 308 g/mol. The zero-order valence-electron chi connectivity index (χ0n) is 13.5. The lowest BCUT2D eigenvalue weighted by Gasteiger charge is -2.34. The van der Waals surface area contributed by atoms with Gasteiger partial charge < -0.3 is 10.2 Å². The standard InChI is InChI=1S/C19H25ClN2O/c20-13-9-11-14(12-10-13)21-19(23)22-17-7-3-1-5-15(17)16-6-2-4-8-18(16)22/h9-12,15-18H,1-8H2,(H,21,23)/t15-,16+,17-,18+. The average molecular weight is 333 g/mol. The van der Waals surface area contributed by atoms with Gasteiger partial charge in [-0.15, -0.1) is 0 Å². The molecule has 4 rings (SSSR count). The van der Waals surface area contributed by atoms with Crippen molar-refractivity contribution < 1.29 is 4.79 Å². The number of carbonyl (C=O) groups is 1. The van der Waals surface area contributed by atoms with Gasteiger partial charge >= 0.3 is 6.03 Å². The second-order valence-electron chi connectivity index (χ2n) is 7.38. The third kappa shape index (κ3) is 2.84. The molecule has 2 saturated carbocycles. The quantitative estimate of drug-likeness (QED) is 0.743. The molecule has 124 valence electrons. The zero-order valence-corrected chi connectivity index (χ0v) is 14.3. The Labute approximate surface area is 143 Å². The van der Waals surface area contributed by atoms with E-state index in [4.69, 9.17) is 11.6 Å². The van der Waals surface area contributed by atoms with Crippen LogP contribution in [0.2, 0.25) is 5.02 Å². The number of carbonyl (C=O) groups excluding carboxylic acids is 1. The van der Waals surface area contributed by atoms with E-state index in [0.29, 0.717) is 17.1 Å². The van der Waals surface area contributed by atoms with Gasteiger partial charge in [0.2, 0.25) is 0 Å². The Morgan fingerprint density at radius 1 is 0.913 bits per heavy atom. The topological polar surface area (TPSA) is 32.3 Å². The SMILES string of the molecule is O=C(Nc1ccc(Cl)cc1)N1[C@@H]2CCCC[C@@H]2[C@@H]2CCCC[C@@H]21. The normalized spacial score (nSPS) is 33.0. The van der Waals surface area contributed by atoms with Gasteiger partial charge in [-0.05, 0) is 61.8 Å². The molecule has 2 aliphatic carbocycles. The fraction of sp³-hybridized carbons (Fsp3) is 0.632. The van der Waals surface area contributed by atoms with Crippen LogP contribution in [-0.4, -0.2) is 23.0 Å². The van der Waals surface area contributed by atoms with Crippen LogP contribution < -0.4 is 5.32 Å². The Morgan fingerprint density at radius 3 is 2.00 bits per heavy atom. The molecule has 0 radical (unpaired) electrons. The molecule has 3 fully saturated rings. The number of anilines is 1. The van der Waals surface area contributed by atoms with E-state index in [1.165, 1.54) is 51.4 Å². The molecule has 1 heterocycles. The largest absolute Gasteiger partial charge is 0.322 e. The second-order valence-corrected chi connectivity index (χ2v) is 7.81. The summed E-state index contributed by atoms with van der Waals surface area (Å²) in [6.45, 7) is 0. The third-order valence-corrected chi connectivity index (χ3v) is 6.41. The minimum atomic E-state index is 0.0959. The first kappa shape index (κ1) is 15.3. The first-order valence-corrected chi connectivity index (χ1v) is 9.47. The summed E-state index contributed by atoms with van der Waals surface area (Å²) in [4.78, 5) is 15.2. The summed E-state index contributed by atoms with van der Waals surface area (Å²) in [5, 5.41) is 3.80. The number of urea groups is 1. The number of fused-ring (bicyclic) bond motifs is 3. The highest BCUT2D eigenvalue weighted by atomic mass is 35.5. The second kappa shape index (κ2) is 6.35. The predicted octanol–water partition coefficient (Wildman–Crippen LogP) is 5.31. The number of benzene rings is 1. The fourth-order valence-corrected chi connectivity index (χ4v) is 5.36. The number of nitrogens with zero attached hydrogens (tertiary/aromatic N) is 1. The molecule has 23 heavy (non-hydrogen) atoms. The Hall–Kier alpha value is -1.22. The van der Waals surface area contributed by atoms with E-state index in [0.717, 1.165) is 17.5 Å². The van der Waals surface area contributed by atoms with Crippen LogP contribution in [0.5, 0.6) is 0 Å². The molecule has 4 heteroatoms. The summed E-state index contributed by atoms with van der Waals surface area (Å²) in [5.74, 6) is 1.48. The summed E-state index contributed by atoms with van der Waals surface area (Å²) < 4.78 is 0. The fourth-order valence-electron chi connectivity index (χ4n) is 5.24. The van der Waals surface area contributed by atoms with E-state index >= 15 is 0 Å². The Kier molecular flexibility index (Phi) is 4.23. The van der Waals surface area contributed by atoms with Gasteiger partial charge in [0, 0.05) is 22.8 Å². The third-order valence-electron chi connectivity index (χ3n) is 6.16. The molecule has 1 saturated heterocycles. The Bertz CT molecular complexity index is 551. The smallest absolute Gasteiger partial charge is 0.318 e. The van der Waals surface area contributed by atoms with Crippen LogP contribution in [0.15, 0.2) is 24.3 Å².